The van der Waals surface area contributed by atoms with Gasteiger partial charge in [0, 0.05) is 17.4 Å². The number of halogens is 3. The maximum absolute atomic E-state index is 12.6. The average Bonchev–Trinajstić information content (AvgIpc) is 3.20. The van der Waals surface area contributed by atoms with Gasteiger partial charge in [-0.3, -0.25) is 19.6 Å². The molecule has 10 heteroatoms. The van der Waals surface area contributed by atoms with Gasteiger partial charge in [0.2, 0.25) is 0 Å². The molecule has 0 unspecified atom stereocenters. The van der Waals surface area contributed by atoms with E-state index in [9.17, 15) is 18.0 Å². The minimum absolute atomic E-state index is 0.0190. The Hall–Kier alpha value is -3.92. The molecular formula is C21H15F3N4O3. The lowest BCUT2D eigenvalue weighted by Gasteiger charge is -2.10. The first kappa shape index (κ1) is 20.4. The standard InChI is InChI=1S/C21H15F3N4O3/c22-21(23,24)14-2-3-15(25-10-14)11-31-17-6-4-16(5-7-17)28-12-26-18-8-1-13(9-19(18)28)20(29)27-30/h1-10,12,30H,11H2,(H,27,29). The number of aromatic nitrogens is 3. The van der Waals surface area contributed by atoms with Crippen LogP contribution in [0.5, 0.6) is 5.75 Å². The summed E-state index contributed by atoms with van der Waals surface area (Å²) in [6.45, 7) is 0.0190. The second-order valence-electron chi connectivity index (χ2n) is 6.58. The SMILES string of the molecule is O=C(NO)c1ccc2ncn(-c3ccc(OCc4ccc(C(F)(F)F)cn4)cc3)c2c1. The molecule has 0 atom stereocenters. The number of benzene rings is 2. The molecule has 2 aromatic carbocycles. The summed E-state index contributed by atoms with van der Waals surface area (Å²) in [6, 6.07) is 14.0. The van der Waals surface area contributed by atoms with Crippen LogP contribution in [0.2, 0.25) is 0 Å². The number of hydrogen-bond donors (Lipinski definition) is 2. The van der Waals surface area contributed by atoms with Crippen LogP contribution in [0.1, 0.15) is 21.6 Å². The van der Waals surface area contributed by atoms with Crippen molar-refractivity contribution in [2.45, 2.75) is 12.8 Å². The van der Waals surface area contributed by atoms with Gasteiger partial charge < -0.3 is 4.74 Å². The largest absolute Gasteiger partial charge is 0.487 e. The van der Waals surface area contributed by atoms with Crippen LogP contribution >= 0.6 is 0 Å². The summed E-state index contributed by atoms with van der Waals surface area (Å²) in [5.41, 5.74) is 3.52. The molecule has 7 nitrogen and oxygen atoms in total. The van der Waals surface area contributed by atoms with Crippen LogP contribution in [0.4, 0.5) is 13.2 Å². The van der Waals surface area contributed by atoms with E-state index in [-0.39, 0.29) is 12.2 Å². The number of hydroxylamine groups is 1. The predicted molar refractivity (Wildman–Crippen MR) is 104 cm³/mol. The van der Waals surface area contributed by atoms with Crippen molar-refractivity contribution in [3.63, 3.8) is 0 Å². The summed E-state index contributed by atoms with van der Waals surface area (Å²) in [5, 5.41) is 8.82. The minimum atomic E-state index is -4.43. The number of carbonyl (C=O) groups excluding carboxylic acids is 1. The number of pyridine rings is 1. The number of carbonyl (C=O) groups is 1. The van der Waals surface area contributed by atoms with Crippen LogP contribution in [0, 0.1) is 0 Å². The molecule has 0 aliphatic rings. The molecule has 0 saturated carbocycles. The van der Waals surface area contributed by atoms with E-state index >= 15 is 0 Å². The molecule has 0 bridgehead atoms. The maximum Gasteiger partial charge on any atom is 0.417 e. The van der Waals surface area contributed by atoms with Crippen LogP contribution in [0.15, 0.2) is 67.1 Å². The second-order valence-corrected chi connectivity index (χ2v) is 6.58. The van der Waals surface area contributed by atoms with Crippen molar-refractivity contribution in [2.24, 2.45) is 0 Å². The highest BCUT2D eigenvalue weighted by Crippen LogP contribution is 2.28. The molecule has 158 valence electrons. The average molecular weight is 428 g/mol. The Balaban J connectivity index is 1.49. The van der Waals surface area contributed by atoms with Gasteiger partial charge in [-0.2, -0.15) is 13.2 Å². The Morgan fingerprint density at radius 3 is 2.48 bits per heavy atom. The van der Waals surface area contributed by atoms with E-state index in [1.165, 1.54) is 6.07 Å². The van der Waals surface area contributed by atoms with Crippen molar-refractivity contribution in [3.05, 3.63) is 83.9 Å². The van der Waals surface area contributed by atoms with E-state index in [4.69, 9.17) is 9.94 Å². The normalized spacial score (nSPS) is 11.5. The summed E-state index contributed by atoms with van der Waals surface area (Å²) in [6.07, 6.45) is -2.05. The monoisotopic (exact) mass is 428 g/mol. The Bertz CT molecular complexity index is 1220. The summed E-state index contributed by atoms with van der Waals surface area (Å²) >= 11 is 0. The number of amides is 1. The van der Waals surface area contributed by atoms with Crippen molar-refractivity contribution < 1.29 is 27.9 Å². The smallest absolute Gasteiger partial charge is 0.417 e. The van der Waals surface area contributed by atoms with E-state index in [2.05, 4.69) is 9.97 Å². The van der Waals surface area contributed by atoms with E-state index in [1.807, 2.05) is 0 Å². The van der Waals surface area contributed by atoms with Crippen LogP contribution < -0.4 is 10.2 Å². The van der Waals surface area contributed by atoms with Gasteiger partial charge in [0.25, 0.3) is 5.91 Å². The fourth-order valence-corrected chi connectivity index (χ4v) is 2.96. The fraction of sp³-hybridized carbons (Fsp3) is 0.0952. The van der Waals surface area contributed by atoms with Crippen LogP contribution in [0.25, 0.3) is 16.7 Å². The maximum atomic E-state index is 12.6. The fourth-order valence-electron chi connectivity index (χ4n) is 2.96. The van der Waals surface area contributed by atoms with Crippen molar-refractivity contribution in [3.8, 4) is 11.4 Å². The number of ether oxygens (including phenoxy) is 1. The van der Waals surface area contributed by atoms with Crippen molar-refractivity contribution in [2.75, 3.05) is 0 Å². The lowest BCUT2D eigenvalue weighted by atomic mass is 10.2. The highest BCUT2D eigenvalue weighted by Gasteiger charge is 2.30. The molecule has 4 rings (SSSR count). The van der Waals surface area contributed by atoms with E-state index in [0.29, 0.717) is 22.5 Å². The second kappa shape index (κ2) is 8.07. The van der Waals surface area contributed by atoms with Crippen molar-refractivity contribution in [1.82, 2.24) is 20.0 Å². The third-order valence-corrected chi connectivity index (χ3v) is 4.56. The van der Waals surface area contributed by atoms with Gasteiger partial charge in [0.05, 0.1) is 22.3 Å². The molecular weight excluding hydrogens is 413 g/mol. The van der Waals surface area contributed by atoms with E-state index < -0.39 is 17.6 Å². The van der Waals surface area contributed by atoms with Crippen LogP contribution in [-0.4, -0.2) is 25.6 Å². The van der Waals surface area contributed by atoms with E-state index in [1.54, 1.807) is 58.8 Å². The highest BCUT2D eigenvalue weighted by atomic mass is 19.4. The zero-order valence-electron chi connectivity index (χ0n) is 15.8. The van der Waals surface area contributed by atoms with Gasteiger partial charge >= 0.3 is 6.18 Å². The first-order valence-electron chi connectivity index (χ1n) is 9.02. The molecule has 0 fully saturated rings. The molecule has 2 heterocycles. The van der Waals surface area contributed by atoms with Gasteiger partial charge in [-0.1, -0.05) is 0 Å². The van der Waals surface area contributed by atoms with Crippen molar-refractivity contribution in [1.29, 1.82) is 0 Å². The molecule has 2 N–H and O–H groups in total. The summed E-state index contributed by atoms with van der Waals surface area (Å²) in [5.74, 6) is -0.120. The van der Waals surface area contributed by atoms with Crippen LogP contribution in [0.3, 0.4) is 0 Å². The highest BCUT2D eigenvalue weighted by molar-refractivity contribution is 5.96. The van der Waals surface area contributed by atoms with Gasteiger partial charge in [0.1, 0.15) is 18.7 Å². The lowest BCUT2D eigenvalue weighted by molar-refractivity contribution is -0.137. The molecule has 4 aromatic rings. The first-order chi connectivity index (χ1) is 14.8. The predicted octanol–water partition coefficient (Wildman–Crippen LogP) is 4.14. The Kier molecular flexibility index (Phi) is 5.30. The minimum Gasteiger partial charge on any atom is -0.487 e. The van der Waals surface area contributed by atoms with Gasteiger partial charge in [0.15, 0.2) is 0 Å². The topological polar surface area (TPSA) is 89.3 Å². The Morgan fingerprint density at radius 1 is 1.06 bits per heavy atom. The summed E-state index contributed by atoms with van der Waals surface area (Å²) in [4.78, 5) is 19.7. The molecule has 0 aliphatic carbocycles. The number of imidazole rings is 1. The number of rotatable bonds is 5. The number of nitrogens with zero attached hydrogens (tertiary/aromatic N) is 3. The molecule has 1 amide bonds. The number of alkyl halides is 3. The summed E-state index contributed by atoms with van der Waals surface area (Å²) in [7, 11) is 0. The molecule has 31 heavy (non-hydrogen) atoms. The molecule has 0 spiro atoms. The third-order valence-electron chi connectivity index (χ3n) is 4.56. The van der Waals surface area contributed by atoms with Gasteiger partial charge in [-0.25, -0.2) is 10.5 Å². The van der Waals surface area contributed by atoms with E-state index in [0.717, 1.165) is 18.0 Å². The Morgan fingerprint density at radius 2 is 1.84 bits per heavy atom. The molecule has 0 aliphatic heterocycles. The number of hydrogen-bond acceptors (Lipinski definition) is 5. The summed E-state index contributed by atoms with van der Waals surface area (Å²) < 4.78 is 45.1. The van der Waals surface area contributed by atoms with Crippen molar-refractivity contribution >= 4 is 16.9 Å². The zero-order valence-corrected chi connectivity index (χ0v) is 15.8. The Labute approximate surface area is 173 Å². The lowest BCUT2D eigenvalue weighted by Crippen LogP contribution is -2.18. The third kappa shape index (κ3) is 4.33. The van der Waals surface area contributed by atoms with Crippen LogP contribution in [-0.2, 0) is 12.8 Å². The molecule has 2 aromatic heterocycles. The molecule has 0 saturated heterocycles. The van der Waals surface area contributed by atoms with Gasteiger partial charge in [-0.15, -0.1) is 0 Å². The molecule has 0 radical (unpaired) electrons. The first-order valence-corrected chi connectivity index (χ1v) is 9.02. The van der Waals surface area contributed by atoms with Gasteiger partial charge in [-0.05, 0) is 54.6 Å². The number of nitrogens with one attached hydrogen (secondary N) is 1. The number of fused-ring (bicyclic) bond motifs is 1. The quantitative estimate of drug-likeness (QED) is 0.369. The zero-order chi connectivity index (χ0) is 22.0.